The van der Waals surface area contributed by atoms with Gasteiger partial charge in [-0.25, -0.2) is 0 Å². The molecule has 0 saturated heterocycles. The summed E-state index contributed by atoms with van der Waals surface area (Å²) >= 11 is 0. The van der Waals surface area contributed by atoms with Crippen molar-refractivity contribution in [3.05, 3.63) is 0 Å². The zero-order chi connectivity index (χ0) is 7.94. The Labute approximate surface area is 68.5 Å². The Morgan fingerprint density at radius 2 is 1.64 bits per heavy atom. The smallest absolute Gasteiger partial charge is 0.326 e. The summed E-state index contributed by atoms with van der Waals surface area (Å²) in [6, 6.07) is -1.35. The first-order chi connectivity index (χ1) is 4.43. The molecule has 1 aliphatic rings. The standard InChI is InChI=1S/C5H9F3N2.ClH/c6-5(7,8)2-1-3(9)4(2)10;/h2-4H,1,9-10H2;1H/t2-,3+,4+;/m0./s1. The van der Waals surface area contributed by atoms with Crippen LogP contribution in [0.3, 0.4) is 0 Å². The maximum absolute atomic E-state index is 11.8. The van der Waals surface area contributed by atoms with Crippen molar-refractivity contribution in [1.82, 2.24) is 0 Å². The quantitative estimate of drug-likeness (QED) is 0.589. The number of hydrogen-bond donors (Lipinski definition) is 2. The Balaban J connectivity index is 0.000001000. The molecule has 1 fully saturated rings. The topological polar surface area (TPSA) is 52.0 Å². The maximum Gasteiger partial charge on any atom is 0.393 e. The largest absolute Gasteiger partial charge is 0.393 e. The van der Waals surface area contributed by atoms with Crippen LogP contribution in [0.15, 0.2) is 0 Å². The lowest BCUT2D eigenvalue weighted by atomic mass is 9.75. The highest BCUT2D eigenvalue weighted by Gasteiger charge is 2.52. The second kappa shape index (κ2) is 3.16. The van der Waals surface area contributed by atoms with E-state index in [-0.39, 0.29) is 18.8 Å². The minimum Gasteiger partial charge on any atom is -0.326 e. The minimum atomic E-state index is -4.16. The maximum atomic E-state index is 11.8. The van der Waals surface area contributed by atoms with Gasteiger partial charge in [0.2, 0.25) is 0 Å². The molecule has 1 saturated carbocycles. The monoisotopic (exact) mass is 190 g/mol. The van der Waals surface area contributed by atoms with Crippen LogP contribution in [0, 0.1) is 5.92 Å². The Hall–Kier alpha value is -0.0000000000000000555. The summed E-state index contributed by atoms with van der Waals surface area (Å²) < 4.78 is 35.4. The summed E-state index contributed by atoms with van der Waals surface area (Å²) in [5.74, 6) is -1.37. The van der Waals surface area contributed by atoms with E-state index in [4.69, 9.17) is 11.5 Å². The minimum absolute atomic E-state index is 0. The molecule has 1 aliphatic carbocycles. The van der Waals surface area contributed by atoms with Gasteiger partial charge in [0.1, 0.15) is 0 Å². The van der Waals surface area contributed by atoms with Gasteiger partial charge in [0, 0.05) is 12.1 Å². The van der Waals surface area contributed by atoms with Crippen molar-refractivity contribution in [2.24, 2.45) is 17.4 Å². The van der Waals surface area contributed by atoms with E-state index >= 15 is 0 Å². The van der Waals surface area contributed by atoms with Crippen LogP contribution in [0.25, 0.3) is 0 Å². The van der Waals surface area contributed by atoms with Gasteiger partial charge in [0.15, 0.2) is 0 Å². The molecule has 0 aromatic rings. The number of alkyl halides is 3. The molecule has 0 bridgehead atoms. The zero-order valence-corrected chi connectivity index (χ0v) is 6.45. The van der Waals surface area contributed by atoms with Crippen molar-refractivity contribution < 1.29 is 13.2 Å². The van der Waals surface area contributed by atoms with Crippen LogP contribution >= 0.6 is 12.4 Å². The molecule has 0 spiro atoms. The summed E-state index contributed by atoms with van der Waals surface area (Å²) in [5.41, 5.74) is 10.3. The molecule has 0 unspecified atom stereocenters. The highest BCUT2D eigenvalue weighted by atomic mass is 35.5. The molecule has 3 atom stereocenters. The number of nitrogens with two attached hydrogens (primary N) is 2. The third-order valence-electron chi connectivity index (χ3n) is 1.91. The second-order valence-corrected chi connectivity index (χ2v) is 2.63. The predicted molar refractivity (Wildman–Crippen MR) is 37.4 cm³/mol. The Morgan fingerprint density at radius 1 is 1.18 bits per heavy atom. The number of halogens is 4. The molecule has 0 aromatic heterocycles. The van der Waals surface area contributed by atoms with Crippen LogP contribution in [0.1, 0.15) is 6.42 Å². The third kappa shape index (κ3) is 1.98. The zero-order valence-electron chi connectivity index (χ0n) is 5.64. The average molecular weight is 191 g/mol. The van der Waals surface area contributed by atoms with E-state index in [0.717, 1.165) is 0 Å². The van der Waals surface area contributed by atoms with E-state index in [1.807, 2.05) is 0 Å². The number of hydrogen-bond acceptors (Lipinski definition) is 2. The summed E-state index contributed by atoms with van der Waals surface area (Å²) in [5, 5.41) is 0. The second-order valence-electron chi connectivity index (χ2n) is 2.63. The van der Waals surface area contributed by atoms with Crippen molar-refractivity contribution in [2.75, 3.05) is 0 Å². The molecule has 1 rings (SSSR count). The fourth-order valence-corrected chi connectivity index (χ4v) is 1.06. The average Bonchev–Trinajstić information content (AvgIpc) is 1.79. The van der Waals surface area contributed by atoms with Gasteiger partial charge in [0.05, 0.1) is 5.92 Å². The van der Waals surface area contributed by atoms with Crippen LogP contribution in [0.4, 0.5) is 13.2 Å². The van der Waals surface area contributed by atoms with Crippen LogP contribution in [-0.2, 0) is 0 Å². The fraction of sp³-hybridized carbons (Fsp3) is 1.00. The SMILES string of the molecule is Cl.N[C@H]1[C@H](N)C[C@@H]1C(F)(F)F. The molecular formula is C5H10ClF3N2. The van der Waals surface area contributed by atoms with Crippen molar-refractivity contribution >= 4 is 12.4 Å². The van der Waals surface area contributed by atoms with Gasteiger partial charge in [0.25, 0.3) is 0 Å². The van der Waals surface area contributed by atoms with Gasteiger partial charge in [-0.1, -0.05) is 0 Å². The van der Waals surface area contributed by atoms with Gasteiger partial charge in [-0.2, -0.15) is 13.2 Å². The Bertz CT molecular complexity index is 138. The summed E-state index contributed by atoms with van der Waals surface area (Å²) in [6.07, 6.45) is -4.18. The van der Waals surface area contributed by atoms with Gasteiger partial charge < -0.3 is 11.5 Å². The van der Waals surface area contributed by atoms with Crippen LogP contribution in [-0.4, -0.2) is 18.3 Å². The first kappa shape index (κ1) is 11.0. The van der Waals surface area contributed by atoms with Crippen molar-refractivity contribution in [2.45, 2.75) is 24.7 Å². The normalized spacial score (nSPS) is 37.4. The molecule has 2 nitrogen and oxygen atoms in total. The van der Waals surface area contributed by atoms with E-state index in [1.165, 1.54) is 0 Å². The molecule has 0 aliphatic heterocycles. The Kier molecular flexibility index (Phi) is 3.16. The molecule has 0 radical (unpaired) electrons. The first-order valence-corrected chi connectivity index (χ1v) is 3.01. The molecule has 4 N–H and O–H groups in total. The lowest BCUT2D eigenvalue weighted by molar-refractivity contribution is -0.202. The van der Waals surface area contributed by atoms with E-state index in [2.05, 4.69) is 0 Å². The van der Waals surface area contributed by atoms with E-state index in [0.29, 0.717) is 0 Å². The van der Waals surface area contributed by atoms with Crippen LogP contribution < -0.4 is 11.5 Å². The molecular weight excluding hydrogens is 181 g/mol. The van der Waals surface area contributed by atoms with Gasteiger partial charge in [-0.05, 0) is 6.42 Å². The van der Waals surface area contributed by atoms with Crippen molar-refractivity contribution in [3.8, 4) is 0 Å². The van der Waals surface area contributed by atoms with Crippen molar-refractivity contribution in [1.29, 1.82) is 0 Å². The van der Waals surface area contributed by atoms with Crippen molar-refractivity contribution in [3.63, 3.8) is 0 Å². The third-order valence-corrected chi connectivity index (χ3v) is 1.91. The van der Waals surface area contributed by atoms with Gasteiger partial charge in [-0.15, -0.1) is 12.4 Å². The molecule has 0 heterocycles. The summed E-state index contributed by atoms with van der Waals surface area (Å²) in [4.78, 5) is 0. The lowest BCUT2D eigenvalue weighted by Gasteiger charge is -2.40. The predicted octanol–water partition coefficient (Wildman–Crippen LogP) is 0.645. The lowest BCUT2D eigenvalue weighted by Crippen LogP contribution is -2.61. The highest BCUT2D eigenvalue weighted by Crippen LogP contribution is 2.39. The molecule has 68 valence electrons. The van der Waals surface area contributed by atoms with Crippen LogP contribution in [0.2, 0.25) is 0 Å². The van der Waals surface area contributed by atoms with E-state index in [1.54, 1.807) is 0 Å². The highest BCUT2D eigenvalue weighted by molar-refractivity contribution is 5.85. The number of rotatable bonds is 0. The molecule has 6 heteroatoms. The van der Waals surface area contributed by atoms with Gasteiger partial charge in [-0.3, -0.25) is 0 Å². The molecule has 0 amide bonds. The van der Waals surface area contributed by atoms with E-state index in [9.17, 15) is 13.2 Å². The fourth-order valence-electron chi connectivity index (χ4n) is 1.06. The van der Waals surface area contributed by atoms with Crippen LogP contribution in [0.5, 0.6) is 0 Å². The summed E-state index contributed by atoms with van der Waals surface area (Å²) in [6.45, 7) is 0. The summed E-state index contributed by atoms with van der Waals surface area (Å²) in [7, 11) is 0. The Morgan fingerprint density at radius 3 is 1.73 bits per heavy atom. The van der Waals surface area contributed by atoms with E-state index < -0.39 is 24.2 Å². The molecule has 0 aromatic carbocycles. The molecule has 11 heavy (non-hydrogen) atoms. The van der Waals surface area contributed by atoms with Gasteiger partial charge >= 0.3 is 6.18 Å². The first-order valence-electron chi connectivity index (χ1n) is 3.01.